The first kappa shape index (κ1) is 21.0. The van der Waals surface area contributed by atoms with E-state index in [4.69, 9.17) is 5.73 Å². The Balaban J connectivity index is 1.42. The summed E-state index contributed by atoms with van der Waals surface area (Å²) in [6.45, 7) is 0.596. The maximum Gasteiger partial charge on any atom is 0.229 e. The quantitative estimate of drug-likeness (QED) is 0.504. The summed E-state index contributed by atoms with van der Waals surface area (Å²) in [5, 5.41) is 4.64. The molecule has 1 atom stereocenters. The van der Waals surface area contributed by atoms with Crippen LogP contribution in [0.4, 0.5) is 20.4 Å². The van der Waals surface area contributed by atoms with Crippen LogP contribution in [0.15, 0.2) is 54.9 Å². The van der Waals surface area contributed by atoms with Gasteiger partial charge in [0.25, 0.3) is 0 Å². The molecule has 0 bridgehead atoms. The number of nitrogens with zero attached hydrogens (tertiary/aromatic N) is 6. The molecule has 3 aromatic heterocycles. The van der Waals surface area contributed by atoms with E-state index in [2.05, 4.69) is 15.1 Å². The molecule has 4 heterocycles. The van der Waals surface area contributed by atoms with E-state index in [1.165, 1.54) is 6.07 Å². The van der Waals surface area contributed by atoms with Crippen molar-refractivity contribution in [1.82, 2.24) is 19.6 Å². The van der Waals surface area contributed by atoms with Gasteiger partial charge in [-0.2, -0.15) is 0 Å². The molecule has 1 saturated heterocycles. The molecular formula is C23H21F2N7O. The lowest BCUT2D eigenvalue weighted by Crippen LogP contribution is -2.28. The normalized spacial score (nSPS) is 16.1. The second kappa shape index (κ2) is 8.21. The monoisotopic (exact) mass is 449 g/mol. The Kier molecular flexibility index (Phi) is 5.21. The number of fused-ring (bicyclic) bond motifs is 1. The summed E-state index contributed by atoms with van der Waals surface area (Å²) in [5.41, 5.74) is 8.22. The molecule has 1 aliphatic heterocycles. The minimum atomic E-state index is -0.880. The fraction of sp³-hybridized carbons (Fsp3) is 0.217. The van der Waals surface area contributed by atoms with Gasteiger partial charge in [-0.3, -0.25) is 9.69 Å². The standard InChI is InChI=1S/C23H21F2N7O/c1-30(12-15-3-2-4-17(24)23(15)25)21-8-7-20-28-11-18(32(20)29-21)14-5-6-19(27-10-14)31-13-16(26)9-22(31)33/h2-8,10-11,16H,9,12-13,26H2,1H3/t16-/m0/s1. The van der Waals surface area contributed by atoms with Crippen LogP contribution in [-0.4, -0.2) is 45.1 Å². The molecule has 1 aliphatic rings. The number of aromatic nitrogens is 4. The van der Waals surface area contributed by atoms with Crippen LogP contribution < -0.4 is 15.5 Å². The van der Waals surface area contributed by atoms with Crippen molar-refractivity contribution in [3.63, 3.8) is 0 Å². The SMILES string of the molecule is CN(Cc1cccc(F)c1F)c1ccc2ncc(-c3ccc(N4C[C@@H](N)CC4=O)nc3)n2n1. The van der Waals surface area contributed by atoms with Crippen molar-refractivity contribution in [1.29, 1.82) is 0 Å². The Morgan fingerprint density at radius 3 is 2.70 bits per heavy atom. The van der Waals surface area contributed by atoms with Crippen molar-refractivity contribution in [3.05, 3.63) is 72.1 Å². The fourth-order valence-corrected chi connectivity index (χ4v) is 3.93. The largest absolute Gasteiger partial charge is 0.354 e. The van der Waals surface area contributed by atoms with Gasteiger partial charge in [-0.25, -0.2) is 23.3 Å². The van der Waals surface area contributed by atoms with E-state index >= 15 is 0 Å². The Morgan fingerprint density at radius 1 is 1.12 bits per heavy atom. The minimum absolute atomic E-state index is 0.0402. The molecule has 0 aliphatic carbocycles. The number of rotatable bonds is 5. The van der Waals surface area contributed by atoms with Gasteiger partial charge in [0.1, 0.15) is 11.6 Å². The molecule has 2 N–H and O–H groups in total. The number of carbonyl (C=O) groups excluding carboxylic acids is 1. The number of carbonyl (C=O) groups is 1. The van der Waals surface area contributed by atoms with Crippen molar-refractivity contribution in [3.8, 4) is 11.3 Å². The number of halogens is 2. The van der Waals surface area contributed by atoms with E-state index in [1.807, 2.05) is 6.07 Å². The Hall–Kier alpha value is -3.92. The second-order valence-corrected chi connectivity index (χ2v) is 8.05. The van der Waals surface area contributed by atoms with Crippen molar-refractivity contribution in [2.45, 2.75) is 19.0 Å². The molecule has 5 rings (SSSR count). The van der Waals surface area contributed by atoms with Gasteiger partial charge in [0.05, 0.1) is 11.9 Å². The zero-order valence-electron chi connectivity index (χ0n) is 17.8. The zero-order chi connectivity index (χ0) is 23.1. The molecule has 1 fully saturated rings. The van der Waals surface area contributed by atoms with Crippen LogP contribution in [0.1, 0.15) is 12.0 Å². The highest BCUT2D eigenvalue weighted by Gasteiger charge is 2.28. The van der Waals surface area contributed by atoms with Gasteiger partial charge in [-0.05, 0) is 30.3 Å². The number of benzene rings is 1. The molecular weight excluding hydrogens is 428 g/mol. The highest BCUT2D eigenvalue weighted by atomic mass is 19.2. The van der Waals surface area contributed by atoms with Crippen LogP contribution in [-0.2, 0) is 11.3 Å². The molecule has 33 heavy (non-hydrogen) atoms. The Morgan fingerprint density at radius 2 is 1.97 bits per heavy atom. The van der Waals surface area contributed by atoms with Crippen molar-refractivity contribution >= 4 is 23.2 Å². The lowest BCUT2D eigenvalue weighted by molar-refractivity contribution is -0.117. The van der Waals surface area contributed by atoms with E-state index in [-0.39, 0.29) is 24.1 Å². The number of amides is 1. The first-order valence-electron chi connectivity index (χ1n) is 10.4. The number of hydrogen-bond acceptors (Lipinski definition) is 6. The topological polar surface area (TPSA) is 92.6 Å². The maximum absolute atomic E-state index is 14.1. The highest BCUT2D eigenvalue weighted by molar-refractivity contribution is 5.95. The Bertz CT molecular complexity index is 1340. The lowest BCUT2D eigenvalue weighted by atomic mass is 10.2. The molecule has 0 saturated carbocycles. The summed E-state index contributed by atoms with van der Waals surface area (Å²) in [4.78, 5) is 24.2. The molecule has 8 nitrogen and oxygen atoms in total. The van der Waals surface area contributed by atoms with Crippen molar-refractivity contribution in [2.75, 3.05) is 23.4 Å². The van der Waals surface area contributed by atoms with Gasteiger partial charge >= 0.3 is 0 Å². The third kappa shape index (κ3) is 3.89. The van der Waals surface area contributed by atoms with E-state index in [1.54, 1.807) is 58.0 Å². The first-order chi connectivity index (χ1) is 15.9. The number of pyridine rings is 1. The van der Waals surface area contributed by atoms with Gasteiger partial charge in [-0.15, -0.1) is 5.10 Å². The van der Waals surface area contributed by atoms with Gasteiger partial charge in [-0.1, -0.05) is 12.1 Å². The highest BCUT2D eigenvalue weighted by Crippen LogP contribution is 2.25. The van der Waals surface area contributed by atoms with Crippen LogP contribution in [0.25, 0.3) is 16.9 Å². The van der Waals surface area contributed by atoms with Crippen LogP contribution in [0.2, 0.25) is 0 Å². The predicted octanol–water partition coefficient (Wildman–Crippen LogP) is 2.77. The van der Waals surface area contributed by atoms with Crippen molar-refractivity contribution < 1.29 is 13.6 Å². The summed E-state index contributed by atoms with van der Waals surface area (Å²) in [6.07, 6.45) is 3.67. The number of imidazole rings is 1. The average molecular weight is 449 g/mol. The molecule has 1 aromatic carbocycles. The van der Waals surface area contributed by atoms with Crippen LogP contribution in [0, 0.1) is 11.6 Å². The molecule has 0 spiro atoms. The molecule has 0 unspecified atom stereocenters. The van der Waals surface area contributed by atoms with E-state index in [9.17, 15) is 13.6 Å². The summed E-state index contributed by atoms with van der Waals surface area (Å²) in [5.74, 6) is -0.670. The van der Waals surface area contributed by atoms with Gasteiger partial charge in [0.15, 0.2) is 17.3 Å². The number of nitrogens with two attached hydrogens (primary N) is 1. The summed E-state index contributed by atoms with van der Waals surface area (Å²) < 4.78 is 29.3. The summed E-state index contributed by atoms with van der Waals surface area (Å²) in [7, 11) is 1.75. The third-order valence-electron chi connectivity index (χ3n) is 5.65. The van der Waals surface area contributed by atoms with Gasteiger partial charge in [0, 0.05) is 49.9 Å². The molecule has 4 aromatic rings. The fourth-order valence-electron chi connectivity index (χ4n) is 3.93. The number of anilines is 2. The maximum atomic E-state index is 14.1. The second-order valence-electron chi connectivity index (χ2n) is 8.05. The van der Waals surface area contributed by atoms with E-state index in [0.29, 0.717) is 35.9 Å². The van der Waals surface area contributed by atoms with Crippen LogP contribution in [0.5, 0.6) is 0 Å². The zero-order valence-corrected chi connectivity index (χ0v) is 17.8. The van der Waals surface area contributed by atoms with E-state index < -0.39 is 11.6 Å². The lowest BCUT2D eigenvalue weighted by Gasteiger charge is -2.19. The smallest absolute Gasteiger partial charge is 0.229 e. The Labute approximate surface area is 188 Å². The minimum Gasteiger partial charge on any atom is -0.354 e. The molecule has 168 valence electrons. The van der Waals surface area contributed by atoms with Crippen molar-refractivity contribution in [2.24, 2.45) is 5.73 Å². The van der Waals surface area contributed by atoms with Crippen LogP contribution >= 0.6 is 0 Å². The summed E-state index contributed by atoms with van der Waals surface area (Å²) in [6, 6.07) is 11.1. The predicted molar refractivity (Wildman–Crippen MR) is 120 cm³/mol. The van der Waals surface area contributed by atoms with E-state index in [0.717, 1.165) is 11.6 Å². The summed E-state index contributed by atoms with van der Waals surface area (Å²) >= 11 is 0. The third-order valence-corrected chi connectivity index (χ3v) is 5.65. The van der Waals surface area contributed by atoms with Crippen LogP contribution in [0.3, 0.4) is 0 Å². The van der Waals surface area contributed by atoms with Gasteiger partial charge in [0.2, 0.25) is 5.91 Å². The van der Waals surface area contributed by atoms with Gasteiger partial charge < -0.3 is 10.6 Å². The average Bonchev–Trinajstić information content (AvgIpc) is 3.38. The molecule has 1 amide bonds. The number of hydrogen-bond donors (Lipinski definition) is 1. The molecule has 0 radical (unpaired) electrons. The first-order valence-corrected chi connectivity index (χ1v) is 10.4. The molecule has 10 heteroatoms.